The number of carbonyl (C=O) groups is 1. The van der Waals surface area contributed by atoms with Crippen molar-refractivity contribution >= 4 is 12.2 Å². The fourth-order valence-corrected chi connectivity index (χ4v) is 1.53. The topological polar surface area (TPSA) is 58.9 Å². The summed E-state index contributed by atoms with van der Waals surface area (Å²) in [5.41, 5.74) is -0.403. The predicted molar refractivity (Wildman–Crippen MR) is 75.9 cm³/mol. The van der Waals surface area contributed by atoms with Crippen molar-refractivity contribution in [1.29, 1.82) is 0 Å². The van der Waals surface area contributed by atoms with Crippen LogP contribution in [-0.2, 0) is 16.1 Å². The molecule has 0 saturated carbocycles. The van der Waals surface area contributed by atoms with Gasteiger partial charge in [0, 0.05) is 6.21 Å². The maximum atomic E-state index is 13.2. The Morgan fingerprint density at radius 3 is 2.48 bits per heavy atom. The number of aliphatic hydroxyl groups excluding tert-OH is 1. The maximum Gasteiger partial charge on any atom is 0.363 e. The number of aliphatic imine (C=N–C) groups is 1. The molecule has 0 radical (unpaired) electrons. The molecule has 0 aliphatic heterocycles. The van der Waals surface area contributed by atoms with Gasteiger partial charge in [-0.05, 0) is 12.5 Å². The van der Waals surface area contributed by atoms with E-state index in [-0.39, 0.29) is 13.2 Å². The number of halogens is 4. The second kappa shape index (κ2) is 8.30. The standard InChI is InChI=1S/C15H15F4NO3/c1-2-23-13(22)11(12(21)15(18,19)14(16)17)9-20-8-10-6-4-3-5-7-10/h3-7,9,14,21H,2,8H2,1H3/b12-11+,20-9?. The van der Waals surface area contributed by atoms with E-state index in [2.05, 4.69) is 9.73 Å². The Bertz CT molecular complexity index is 586. The molecule has 0 saturated heterocycles. The van der Waals surface area contributed by atoms with Gasteiger partial charge in [0.1, 0.15) is 5.57 Å². The van der Waals surface area contributed by atoms with Crippen LogP contribution >= 0.6 is 0 Å². The molecule has 0 spiro atoms. The number of hydrogen-bond donors (Lipinski definition) is 1. The van der Waals surface area contributed by atoms with Gasteiger partial charge in [0.05, 0.1) is 13.2 Å². The number of hydrogen-bond acceptors (Lipinski definition) is 4. The molecule has 0 aliphatic carbocycles. The van der Waals surface area contributed by atoms with Crippen LogP contribution in [0.1, 0.15) is 12.5 Å². The zero-order chi connectivity index (χ0) is 17.5. The smallest absolute Gasteiger partial charge is 0.363 e. The highest BCUT2D eigenvalue weighted by molar-refractivity contribution is 6.10. The minimum Gasteiger partial charge on any atom is -0.505 e. The molecule has 1 N–H and O–H groups in total. The molecule has 1 aromatic rings. The van der Waals surface area contributed by atoms with E-state index >= 15 is 0 Å². The number of rotatable bonds is 7. The molecule has 0 fully saturated rings. The summed E-state index contributed by atoms with van der Waals surface area (Å²) in [7, 11) is 0. The van der Waals surface area contributed by atoms with Crippen molar-refractivity contribution in [3.63, 3.8) is 0 Å². The molecule has 0 heterocycles. The Labute approximate surface area is 130 Å². The SMILES string of the molecule is CCOC(=O)/C(C=NCc1ccccc1)=C(/O)C(F)(F)C(F)F. The normalized spacial score (nSPS) is 13.3. The van der Waals surface area contributed by atoms with Gasteiger partial charge < -0.3 is 9.84 Å². The van der Waals surface area contributed by atoms with E-state index in [1.165, 1.54) is 6.92 Å². The Morgan fingerprint density at radius 2 is 1.96 bits per heavy atom. The van der Waals surface area contributed by atoms with Crippen LogP contribution in [0.15, 0.2) is 46.7 Å². The van der Waals surface area contributed by atoms with Crippen LogP contribution < -0.4 is 0 Å². The summed E-state index contributed by atoms with van der Waals surface area (Å²) in [5.74, 6) is -8.30. The van der Waals surface area contributed by atoms with Crippen molar-refractivity contribution in [2.24, 2.45) is 4.99 Å². The molecular formula is C15H15F4NO3. The lowest BCUT2D eigenvalue weighted by Crippen LogP contribution is -2.32. The van der Waals surface area contributed by atoms with E-state index in [1.54, 1.807) is 30.3 Å². The molecule has 8 heteroatoms. The quantitative estimate of drug-likeness (QED) is 0.273. The second-order valence-corrected chi connectivity index (χ2v) is 4.36. The molecule has 0 aliphatic rings. The van der Waals surface area contributed by atoms with Crippen LogP contribution in [0.3, 0.4) is 0 Å². The van der Waals surface area contributed by atoms with Crippen LogP contribution in [0, 0.1) is 0 Å². The van der Waals surface area contributed by atoms with Gasteiger partial charge >= 0.3 is 18.3 Å². The van der Waals surface area contributed by atoms with Gasteiger partial charge in [0.2, 0.25) is 0 Å². The molecule has 0 aromatic heterocycles. The van der Waals surface area contributed by atoms with Crippen molar-refractivity contribution < 1.29 is 32.2 Å². The van der Waals surface area contributed by atoms with Gasteiger partial charge in [0.15, 0.2) is 5.76 Å². The third kappa shape index (κ3) is 5.08. The van der Waals surface area contributed by atoms with Crippen LogP contribution in [0.2, 0.25) is 0 Å². The lowest BCUT2D eigenvalue weighted by Gasteiger charge is -2.16. The number of alkyl halides is 4. The molecule has 0 bridgehead atoms. The van der Waals surface area contributed by atoms with E-state index < -0.39 is 29.6 Å². The zero-order valence-electron chi connectivity index (χ0n) is 12.2. The largest absolute Gasteiger partial charge is 0.505 e. The fraction of sp³-hybridized carbons (Fsp3) is 0.333. The lowest BCUT2D eigenvalue weighted by atomic mass is 10.1. The van der Waals surface area contributed by atoms with Gasteiger partial charge in [-0.2, -0.15) is 8.78 Å². The van der Waals surface area contributed by atoms with E-state index in [0.29, 0.717) is 11.8 Å². The van der Waals surface area contributed by atoms with Crippen LogP contribution in [0.25, 0.3) is 0 Å². The third-order valence-corrected chi connectivity index (χ3v) is 2.68. The monoisotopic (exact) mass is 333 g/mol. The van der Waals surface area contributed by atoms with Gasteiger partial charge in [0.25, 0.3) is 0 Å². The molecule has 0 atom stereocenters. The first-order valence-electron chi connectivity index (χ1n) is 6.61. The van der Waals surface area contributed by atoms with Gasteiger partial charge in [-0.15, -0.1) is 0 Å². The average molecular weight is 333 g/mol. The van der Waals surface area contributed by atoms with Crippen molar-refractivity contribution in [3.05, 3.63) is 47.2 Å². The number of nitrogens with zero attached hydrogens (tertiary/aromatic N) is 1. The minimum atomic E-state index is -4.87. The molecule has 1 aromatic carbocycles. The number of ether oxygens (including phenoxy) is 1. The summed E-state index contributed by atoms with van der Waals surface area (Å²) in [4.78, 5) is 15.3. The van der Waals surface area contributed by atoms with Gasteiger partial charge in [-0.25, -0.2) is 13.6 Å². The average Bonchev–Trinajstić information content (AvgIpc) is 2.52. The highest BCUT2D eigenvalue weighted by atomic mass is 19.3. The molecule has 4 nitrogen and oxygen atoms in total. The summed E-state index contributed by atoms with van der Waals surface area (Å²) < 4.78 is 55.5. The Morgan fingerprint density at radius 1 is 1.35 bits per heavy atom. The summed E-state index contributed by atoms with van der Waals surface area (Å²) in [5, 5.41) is 9.36. The fourth-order valence-electron chi connectivity index (χ4n) is 1.53. The van der Waals surface area contributed by atoms with Crippen molar-refractivity contribution in [3.8, 4) is 0 Å². The molecule has 126 valence electrons. The van der Waals surface area contributed by atoms with Gasteiger partial charge in [-0.1, -0.05) is 30.3 Å². The second-order valence-electron chi connectivity index (χ2n) is 4.36. The molecule has 0 amide bonds. The van der Waals surface area contributed by atoms with Gasteiger partial charge in [-0.3, -0.25) is 4.99 Å². The van der Waals surface area contributed by atoms with E-state index in [4.69, 9.17) is 0 Å². The summed E-state index contributed by atoms with van der Waals surface area (Å²) in [6.07, 6.45) is -3.56. The van der Waals surface area contributed by atoms with Crippen molar-refractivity contribution in [2.75, 3.05) is 6.61 Å². The third-order valence-electron chi connectivity index (χ3n) is 2.68. The summed E-state index contributed by atoms with van der Waals surface area (Å²) >= 11 is 0. The number of allylic oxidation sites excluding steroid dienone is 1. The van der Waals surface area contributed by atoms with Crippen molar-refractivity contribution in [2.45, 2.75) is 25.8 Å². The van der Waals surface area contributed by atoms with E-state index in [1.807, 2.05) is 0 Å². The Hall–Kier alpha value is -2.38. The van der Waals surface area contributed by atoms with Crippen LogP contribution in [0.5, 0.6) is 0 Å². The molecule has 23 heavy (non-hydrogen) atoms. The van der Waals surface area contributed by atoms with Crippen molar-refractivity contribution in [1.82, 2.24) is 0 Å². The molecule has 0 unspecified atom stereocenters. The highest BCUT2D eigenvalue weighted by Crippen LogP contribution is 2.31. The lowest BCUT2D eigenvalue weighted by molar-refractivity contribution is -0.140. The minimum absolute atomic E-state index is 0.0112. The first-order valence-corrected chi connectivity index (χ1v) is 6.61. The highest BCUT2D eigenvalue weighted by Gasteiger charge is 2.48. The summed E-state index contributed by atoms with van der Waals surface area (Å²) in [6, 6.07) is 8.58. The number of aliphatic hydroxyl groups is 1. The number of carbonyl (C=O) groups excluding carboxylic acids is 1. The van der Waals surface area contributed by atoms with Crippen LogP contribution in [-0.4, -0.2) is 36.2 Å². The van der Waals surface area contributed by atoms with Crippen LogP contribution in [0.4, 0.5) is 17.6 Å². The Kier molecular flexibility index (Phi) is 6.74. The molecule has 1 rings (SSSR count). The Balaban J connectivity index is 3.08. The first-order chi connectivity index (χ1) is 10.8. The first kappa shape index (κ1) is 18.7. The zero-order valence-corrected chi connectivity index (χ0v) is 12.2. The number of benzene rings is 1. The molecular weight excluding hydrogens is 318 g/mol. The van der Waals surface area contributed by atoms with E-state index in [0.717, 1.165) is 0 Å². The number of esters is 1. The summed E-state index contributed by atoms with van der Waals surface area (Å²) in [6.45, 7) is 1.23. The maximum absolute atomic E-state index is 13.2. The van der Waals surface area contributed by atoms with E-state index in [9.17, 15) is 27.5 Å². The predicted octanol–water partition coefficient (Wildman–Crippen LogP) is 3.53.